The van der Waals surface area contributed by atoms with E-state index in [2.05, 4.69) is 20.9 Å². The number of nitrogens with zero attached hydrogens (tertiary/aromatic N) is 2. The van der Waals surface area contributed by atoms with Crippen LogP contribution in [-0.4, -0.2) is 4.98 Å². The first-order valence-electron chi connectivity index (χ1n) is 3.53. The molecule has 14 heavy (non-hydrogen) atoms. The third kappa shape index (κ3) is 2.20. The zero-order valence-electron chi connectivity index (χ0n) is 6.77. The molecule has 1 aromatic rings. The van der Waals surface area contributed by atoms with Crippen LogP contribution >= 0.6 is 38.5 Å². The lowest BCUT2D eigenvalue weighted by molar-refractivity contribution is 0.145. The number of pyridine rings is 1. The molecule has 0 radical (unpaired) electrons. The van der Waals surface area contributed by atoms with Gasteiger partial charge in [-0.25, -0.2) is 8.78 Å². The van der Waals surface area contributed by atoms with Gasteiger partial charge in [-0.15, -0.1) is 0 Å². The Hall–Kier alpha value is -0.290. The van der Waals surface area contributed by atoms with Crippen molar-refractivity contribution in [1.29, 1.82) is 5.26 Å². The van der Waals surface area contributed by atoms with Crippen molar-refractivity contribution in [2.24, 2.45) is 0 Å². The first kappa shape index (κ1) is 11.8. The quantitative estimate of drug-likeness (QED) is 0.589. The Balaban J connectivity index is 3.38. The highest BCUT2D eigenvalue weighted by molar-refractivity contribution is 14.1. The highest BCUT2D eigenvalue weighted by Gasteiger charge is 2.18. The van der Waals surface area contributed by atoms with Crippen molar-refractivity contribution in [3.63, 3.8) is 0 Å². The molecular weight excluding hydrogens is 369 g/mol. The molecule has 0 unspecified atom stereocenters. The fourth-order valence-corrected chi connectivity index (χ4v) is 2.76. The van der Waals surface area contributed by atoms with E-state index in [0.717, 1.165) is 0 Å². The van der Waals surface area contributed by atoms with Gasteiger partial charge in [0.1, 0.15) is 11.8 Å². The lowest BCUT2D eigenvalue weighted by Gasteiger charge is -2.08. The minimum atomic E-state index is -2.61. The number of alkyl halides is 3. The van der Waals surface area contributed by atoms with Gasteiger partial charge in [0.2, 0.25) is 0 Å². The van der Waals surface area contributed by atoms with Crippen molar-refractivity contribution in [3.8, 4) is 6.07 Å². The average Bonchev–Trinajstić information content (AvgIpc) is 2.17. The molecule has 2 nitrogen and oxygen atoms in total. The summed E-state index contributed by atoms with van der Waals surface area (Å²) in [5.41, 5.74) is 0.453. The van der Waals surface area contributed by atoms with Crippen LogP contribution in [0.15, 0.2) is 6.20 Å². The van der Waals surface area contributed by atoms with Gasteiger partial charge in [-0.2, -0.15) is 5.26 Å². The van der Waals surface area contributed by atoms with E-state index < -0.39 is 6.43 Å². The van der Waals surface area contributed by atoms with Crippen molar-refractivity contribution in [1.82, 2.24) is 4.98 Å². The van der Waals surface area contributed by atoms with Crippen molar-refractivity contribution in [2.75, 3.05) is 0 Å². The van der Waals surface area contributed by atoms with Gasteiger partial charge in [-0.05, 0) is 22.6 Å². The van der Waals surface area contributed by atoms with Crippen LogP contribution in [0.2, 0.25) is 0 Å². The fourth-order valence-electron chi connectivity index (χ4n) is 0.937. The van der Waals surface area contributed by atoms with Gasteiger partial charge in [-0.1, -0.05) is 15.9 Å². The largest absolute Gasteiger partial charge is 0.280 e. The van der Waals surface area contributed by atoms with Crippen molar-refractivity contribution >= 4 is 38.5 Å². The first-order chi connectivity index (χ1) is 6.61. The molecule has 0 fully saturated rings. The molecule has 0 saturated carbocycles. The van der Waals surface area contributed by atoms with Crippen molar-refractivity contribution < 1.29 is 8.78 Å². The van der Waals surface area contributed by atoms with Crippen LogP contribution in [0.5, 0.6) is 0 Å². The predicted octanol–water partition coefficient (Wildman–Crippen LogP) is 3.39. The van der Waals surface area contributed by atoms with E-state index in [9.17, 15) is 8.78 Å². The molecule has 0 spiro atoms. The SMILES string of the molecule is N#Cc1cnc(C(F)F)c(CBr)c1I. The Labute approximate surface area is 102 Å². The summed E-state index contributed by atoms with van der Waals surface area (Å²) in [4.78, 5) is 3.57. The standard InChI is InChI=1S/C8H4BrF2IN2/c9-1-5-6(12)4(2-13)3-14-7(5)8(10)11/h3,8H,1H2. The van der Waals surface area contributed by atoms with E-state index in [1.807, 2.05) is 28.7 Å². The van der Waals surface area contributed by atoms with E-state index in [-0.39, 0.29) is 11.0 Å². The van der Waals surface area contributed by atoms with Crippen LogP contribution in [0.3, 0.4) is 0 Å². The van der Waals surface area contributed by atoms with Gasteiger partial charge in [0.25, 0.3) is 6.43 Å². The highest BCUT2D eigenvalue weighted by atomic mass is 127. The monoisotopic (exact) mass is 372 g/mol. The number of hydrogen-bond acceptors (Lipinski definition) is 2. The molecule has 1 rings (SSSR count). The maximum atomic E-state index is 12.5. The summed E-state index contributed by atoms with van der Waals surface area (Å²) in [7, 11) is 0. The van der Waals surface area contributed by atoms with E-state index in [0.29, 0.717) is 14.7 Å². The maximum absolute atomic E-state index is 12.5. The van der Waals surface area contributed by atoms with Gasteiger partial charge in [0.05, 0.1) is 5.56 Å². The fraction of sp³-hybridized carbons (Fsp3) is 0.250. The molecule has 0 aromatic carbocycles. The van der Waals surface area contributed by atoms with E-state index in [1.54, 1.807) is 0 Å². The Kier molecular flexibility index (Phi) is 4.19. The first-order valence-corrected chi connectivity index (χ1v) is 5.73. The van der Waals surface area contributed by atoms with Gasteiger partial charge < -0.3 is 0 Å². The van der Waals surface area contributed by atoms with Crippen LogP contribution in [0, 0.1) is 14.9 Å². The van der Waals surface area contributed by atoms with Gasteiger partial charge in [0, 0.05) is 20.7 Å². The maximum Gasteiger partial charge on any atom is 0.280 e. The third-order valence-corrected chi connectivity index (χ3v) is 3.40. The van der Waals surface area contributed by atoms with E-state index >= 15 is 0 Å². The van der Waals surface area contributed by atoms with Gasteiger partial charge in [-0.3, -0.25) is 4.98 Å². The normalized spacial score (nSPS) is 10.3. The lowest BCUT2D eigenvalue weighted by atomic mass is 10.1. The van der Waals surface area contributed by atoms with E-state index in [1.165, 1.54) is 6.20 Å². The predicted molar refractivity (Wildman–Crippen MR) is 59.3 cm³/mol. The molecule has 0 bridgehead atoms. The molecule has 0 amide bonds. The Morgan fingerprint density at radius 1 is 1.64 bits per heavy atom. The number of hydrogen-bond donors (Lipinski definition) is 0. The van der Waals surface area contributed by atoms with Crippen molar-refractivity contribution in [3.05, 3.63) is 26.6 Å². The van der Waals surface area contributed by atoms with E-state index in [4.69, 9.17) is 5.26 Å². The number of rotatable bonds is 2. The number of nitriles is 1. The Morgan fingerprint density at radius 2 is 2.29 bits per heavy atom. The summed E-state index contributed by atoms with van der Waals surface area (Å²) >= 11 is 4.98. The smallest absolute Gasteiger partial charge is 0.254 e. The minimum Gasteiger partial charge on any atom is -0.254 e. The summed E-state index contributed by atoms with van der Waals surface area (Å²) in [6.45, 7) is 0. The van der Waals surface area contributed by atoms with Crippen LogP contribution in [0.1, 0.15) is 23.2 Å². The minimum absolute atomic E-state index is 0.259. The van der Waals surface area contributed by atoms with Crippen LogP contribution in [-0.2, 0) is 5.33 Å². The molecule has 1 aromatic heterocycles. The summed E-state index contributed by atoms with van der Waals surface area (Å²) in [6, 6.07) is 1.90. The summed E-state index contributed by atoms with van der Waals surface area (Å²) < 4.78 is 25.5. The summed E-state index contributed by atoms with van der Waals surface area (Å²) in [6.07, 6.45) is -1.43. The van der Waals surface area contributed by atoms with Crippen LogP contribution < -0.4 is 0 Å². The Morgan fingerprint density at radius 3 is 2.71 bits per heavy atom. The zero-order valence-corrected chi connectivity index (χ0v) is 10.5. The van der Waals surface area contributed by atoms with Crippen molar-refractivity contribution in [2.45, 2.75) is 11.8 Å². The molecule has 74 valence electrons. The average molecular weight is 373 g/mol. The molecule has 0 N–H and O–H groups in total. The molecule has 6 heteroatoms. The number of halogens is 4. The van der Waals surface area contributed by atoms with Gasteiger partial charge in [0.15, 0.2) is 0 Å². The highest BCUT2D eigenvalue weighted by Crippen LogP contribution is 2.28. The number of aromatic nitrogens is 1. The second-order valence-electron chi connectivity index (χ2n) is 2.40. The molecule has 0 atom stereocenters. The van der Waals surface area contributed by atoms with Crippen LogP contribution in [0.25, 0.3) is 0 Å². The molecule has 0 saturated heterocycles. The second kappa shape index (κ2) is 4.98. The molecule has 0 aliphatic heterocycles. The van der Waals surface area contributed by atoms with Crippen LogP contribution in [0.4, 0.5) is 8.78 Å². The molecule has 0 aliphatic carbocycles. The molecule has 0 aliphatic rings. The summed E-state index contributed by atoms with van der Waals surface area (Å²) in [5, 5.41) is 8.94. The Bertz CT molecular complexity index is 390. The molecule has 1 heterocycles. The zero-order chi connectivity index (χ0) is 10.7. The topological polar surface area (TPSA) is 36.7 Å². The molecular formula is C8H4BrF2IN2. The lowest BCUT2D eigenvalue weighted by Crippen LogP contribution is -2.01. The second-order valence-corrected chi connectivity index (χ2v) is 4.04. The van der Waals surface area contributed by atoms with Gasteiger partial charge >= 0.3 is 0 Å². The summed E-state index contributed by atoms with van der Waals surface area (Å²) in [5.74, 6) is 0. The third-order valence-electron chi connectivity index (χ3n) is 1.60.